The third-order valence-electron chi connectivity index (χ3n) is 1.83. The summed E-state index contributed by atoms with van der Waals surface area (Å²) in [7, 11) is 0. The normalized spacial score (nSPS) is 13.9. The van der Waals surface area contributed by atoms with Crippen LogP contribution in [0.3, 0.4) is 0 Å². The van der Waals surface area contributed by atoms with Crippen molar-refractivity contribution in [3.63, 3.8) is 0 Å². The Bertz CT molecular complexity index is 78.9. The fourth-order valence-corrected chi connectivity index (χ4v) is 1.35. The second kappa shape index (κ2) is 6.66. The topological polar surface area (TPSA) is 9.23 Å². The molecule has 1 atom stereocenters. The summed E-state index contributed by atoms with van der Waals surface area (Å²) in [5.74, 6) is 1.65. The Kier molecular flexibility index (Phi) is 6.63. The molecule has 0 fully saturated rings. The van der Waals surface area contributed by atoms with E-state index in [4.69, 9.17) is 4.74 Å². The lowest BCUT2D eigenvalue weighted by molar-refractivity contribution is 0.131. The van der Waals surface area contributed by atoms with E-state index in [-0.39, 0.29) is 0 Å². The van der Waals surface area contributed by atoms with Gasteiger partial charge in [-0.05, 0) is 31.6 Å². The molecule has 11 heavy (non-hydrogen) atoms. The lowest BCUT2D eigenvalue weighted by Crippen LogP contribution is -2.04. The number of hydrogen-bond donors (Lipinski definition) is 0. The van der Waals surface area contributed by atoms with Gasteiger partial charge in [0.1, 0.15) is 0 Å². The van der Waals surface area contributed by atoms with E-state index in [2.05, 4.69) is 20.8 Å². The van der Waals surface area contributed by atoms with Crippen LogP contribution in [0, 0.1) is 11.8 Å². The Balaban J connectivity index is 3.15. The van der Waals surface area contributed by atoms with Crippen molar-refractivity contribution in [3.05, 3.63) is 0 Å². The fraction of sp³-hybridized carbons (Fsp3) is 1.00. The van der Waals surface area contributed by atoms with Gasteiger partial charge in [0.25, 0.3) is 0 Å². The monoisotopic (exact) mass is 158 g/mol. The minimum atomic E-state index is 0.821. The van der Waals surface area contributed by atoms with E-state index in [1.807, 2.05) is 6.92 Å². The molecule has 0 radical (unpaired) electrons. The van der Waals surface area contributed by atoms with Gasteiger partial charge in [-0.25, -0.2) is 0 Å². The Labute approximate surface area is 71.1 Å². The summed E-state index contributed by atoms with van der Waals surface area (Å²) in [6, 6.07) is 0. The van der Waals surface area contributed by atoms with Gasteiger partial charge in [-0.3, -0.25) is 0 Å². The minimum absolute atomic E-state index is 0.821. The molecule has 0 heterocycles. The van der Waals surface area contributed by atoms with Gasteiger partial charge in [0, 0.05) is 13.2 Å². The molecule has 0 spiro atoms. The number of ether oxygens (including phenoxy) is 1. The van der Waals surface area contributed by atoms with E-state index < -0.39 is 0 Å². The molecule has 0 aromatic carbocycles. The summed E-state index contributed by atoms with van der Waals surface area (Å²) in [5.41, 5.74) is 0. The summed E-state index contributed by atoms with van der Waals surface area (Å²) in [5, 5.41) is 0. The molecule has 0 aromatic rings. The number of hydrogen-bond acceptors (Lipinski definition) is 1. The molecule has 0 rings (SSSR count). The highest BCUT2D eigenvalue weighted by molar-refractivity contribution is 4.55. The van der Waals surface area contributed by atoms with Crippen molar-refractivity contribution in [2.24, 2.45) is 11.8 Å². The highest BCUT2D eigenvalue weighted by Crippen LogP contribution is 2.13. The molecule has 0 unspecified atom stereocenters. The fourth-order valence-electron chi connectivity index (χ4n) is 1.35. The molecule has 0 aliphatic rings. The van der Waals surface area contributed by atoms with Gasteiger partial charge < -0.3 is 4.74 Å². The quantitative estimate of drug-likeness (QED) is 0.540. The molecule has 0 aliphatic heterocycles. The average Bonchev–Trinajstić information content (AvgIpc) is 1.86. The molecule has 0 N–H and O–H groups in total. The predicted molar refractivity (Wildman–Crippen MR) is 49.7 cm³/mol. The molecule has 0 bridgehead atoms. The molecule has 0 aliphatic carbocycles. The lowest BCUT2D eigenvalue weighted by atomic mass is 9.96. The standard InChI is InChI=1S/C10H22O/c1-5-11-7-6-10(4)8-9(2)3/h9-10H,5-8H2,1-4H3/t10-/m1/s1. The first kappa shape index (κ1) is 11.0. The smallest absolute Gasteiger partial charge is 0.0468 e. The summed E-state index contributed by atoms with van der Waals surface area (Å²) in [6.45, 7) is 10.7. The van der Waals surface area contributed by atoms with Crippen LogP contribution in [-0.4, -0.2) is 13.2 Å². The van der Waals surface area contributed by atoms with Crippen LogP contribution in [0.1, 0.15) is 40.5 Å². The molecule has 68 valence electrons. The molecule has 1 heteroatoms. The molecule has 0 saturated heterocycles. The SMILES string of the molecule is CCOCC[C@@H](C)CC(C)C. The van der Waals surface area contributed by atoms with E-state index in [0.29, 0.717) is 0 Å². The summed E-state index contributed by atoms with van der Waals surface area (Å²) >= 11 is 0. The second-order valence-corrected chi connectivity index (χ2v) is 3.72. The van der Waals surface area contributed by atoms with Crippen LogP contribution in [0.4, 0.5) is 0 Å². The summed E-state index contributed by atoms with van der Waals surface area (Å²) in [6.07, 6.45) is 2.54. The second-order valence-electron chi connectivity index (χ2n) is 3.72. The van der Waals surface area contributed by atoms with Gasteiger partial charge >= 0.3 is 0 Å². The highest BCUT2D eigenvalue weighted by atomic mass is 16.5. The molecule has 0 amide bonds. The maximum Gasteiger partial charge on any atom is 0.0468 e. The zero-order chi connectivity index (χ0) is 8.69. The van der Waals surface area contributed by atoms with Gasteiger partial charge in [-0.2, -0.15) is 0 Å². The van der Waals surface area contributed by atoms with Crippen LogP contribution >= 0.6 is 0 Å². The van der Waals surface area contributed by atoms with Gasteiger partial charge in [-0.15, -0.1) is 0 Å². The van der Waals surface area contributed by atoms with E-state index in [9.17, 15) is 0 Å². The van der Waals surface area contributed by atoms with E-state index in [1.165, 1.54) is 12.8 Å². The third-order valence-corrected chi connectivity index (χ3v) is 1.83. The van der Waals surface area contributed by atoms with Crippen LogP contribution in [0.5, 0.6) is 0 Å². The van der Waals surface area contributed by atoms with Crippen molar-refractivity contribution >= 4 is 0 Å². The predicted octanol–water partition coefficient (Wildman–Crippen LogP) is 3.10. The average molecular weight is 158 g/mol. The van der Waals surface area contributed by atoms with Crippen LogP contribution < -0.4 is 0 Å². The maximum atomic E-state index is 5.29. The van der Waals surface area contributed by atoms with Crippen molar-refractivity contribution in [2.45, 2.75) is 40.5 Å². The lowest BCUT2D eigenvalue weighted by Gasteiger charge is -2.12. The molecular weight excluding hydrogens is 136 g/mol. The largest absolute Gasteiger partial charge is 0.382 e. The van der Waals surface area contributed by atoms with Gasteiger partial charge in [0.05, 0.1) is 0 Å². The zero-order valence-electron chi connectivity index (χ0n) is 8.39. The van der Waals surface area contributed by atoms with Crippen LogP contribution in [-0.2, 0) is 4.74 Å². The minimum Gasteiger partial charge on any atom is -0.382 e. The van der Waals surface area contributed by atoms with Crippen molar-refractivity contribution in [2.75, 3.05) is 13.2 Å². The van der Waals surface area contributed by atoms with E-state index >= 15 is 0 Å². The zero-order valence-corrected chi connectivity index (χ0v) is 8.39. The van der Waals surface area contributed by atoms with Crippen LogP contribution in [0.2, 0.25) is 0 Å². The van der Waals surface area contributed by atoms with Crippen molar-refractivity contribution in [1.82, 2.24) is 0 Å². The Morgan fingerprint density at radius 3 is 2.27 bits per heavy atom. The van der Waals surface area contributed by atoms with Gasteiger partial charge in [-0.1, -0.05) is 20.8 Å². The number of rotatable bonds is 6. The maximum absolute atomic E-state index is 5.29. The molecular formula is C10H22O. The Morgan fingerprint density at radius 1 is 1.18 bits per heavy atom. The van der Waals surface area contributed by atoms with Gasteiger partial charge in [0.15, 0.2) is 0 Å². The van der Waals surface area contributed by atoms with Gasteiger partial charge in [0.2, 0.25) is 0 Å². The van der Waals surface area contributed by atoms with E-state index in [0.717, 1.165) is 25.0 Å². The van der Waals surface area contributed by atoms with Crippen molar-refractivity contribution < 1.29 is 4.74 Å². The molecule has 0 aromatic heterocycles. The summed E-state index contributed by atoms with van der Waals surface area (Å²) in [4.78, 5) is 0. The van der Waals surface area contributed by atoms with Crippen LogP contribution in [0.25, 0.3) is 0 Å². The van der Waals surface area contributed by atoms with Crippen molar-refractivity contribution in [1.29, 1.82) is 0 Å². The molecule has 0 saturated carbocycles. The highest BCUT2D eigenvalue weighted by Gasteiger charge is 2.03. The van der Waals surface area contributed by atoms with Crippen LogP contribution in [0.15, 0.2) is 0 Å². The summed E-state index contributed by atoms with van der Waals surface area (Å²) < 4.78 is 5.29. The third kappa shape index (κ3) is 7.86. The first-order valence-corrected chi connectivity index (χ1v) is 4.74. The first-order chi connectivity index (χ1) is 5.16. The van der Waals surface area contributed by atoms with E-state index in [1.54, 1.807) is 0 Å². The molecule has 1 nitrogen and oxygen atoms in total. The van der Waals surface area contributed by atoms with Crippen molar-refractivity contribution in [3.8, 4) is 0 Å². The Morgan fingerprint density at radius 2 is 1.82 bits per heavy atom. The Hall–Kier alpha value is -0.0400. The first-order valence-electron chi connectivity index (χ1n) is 4.74.